The van der Waals surface area contributed by atoms with Gasteiger partial charge in [-0.2, -0.15) is 0 Å². The average molecular weight is 200 g/mol. The summed E-state index contributed by atoms with van der Waals surface area (Å²) in [5, 5.41) is 8.95. The number of carbonyl (C=O) groups is 1. The van der Waals surface area contributed by atoms with Crippen LogP contribution >= 0.6 is 0 Å². The third-order valence-electron chi connectivity index (χ3n) is 2.74. The van der Waals surface area contributed by atoms with Gasteiger partial charge in [-0.05, 0) is 12.3 Å². The van der Waals surface area contributed by atoms with Gasteiger partial charge in [0.05, 0.1) is 5.92 Å². The second-order valence-electron chi connectivity index (χ2n) is 4.39. The molecule has 84 valence electrons. The van der Waals surface area contributed by atoms with E-state index < -0.39 is 5.97 Å². The van der Waals surface area contributed by atoms with Crippen LogP contribution < -0.4 is 0 Å². The quantitative estimate of drug-likeness (QED) is 0.606. The normalized spacial score (nSPS) is 13.1. The largest absolute Gasteiger partial charge is 0.481 e. The molecule has 1 atom stereocenters. The summed E-state index contributed by atoms with van der Waals surface area (Å²) < 4.78 is 0. The Morgan fingerprint density at radius 1 is 1.14 bits per heavy atom. The molecule has 1 N–H and O–H groups in total. The summed E-state index contributed by atoms with van der Waals surface area (Å²) in [4.78, 5) is 10.9. The molecular formula is C12H24O2. The van der Waals surface area contributed by atoms with Crippen LogP contribution in [0.2, 0.25) is 0 Å². The van der Waals surface area contributed by atoms with Gasteiger partial charge in [0, 0.05) is 0 Å². The topological polar surface area (TPSA) is 37.3 Å². The van der Waals surface area contributed by atoms with Gasteiger partial charge in [0.1, 0.15) is 0 Å². The lowest BCUT2D eigenvalue weighted by Crippen LogP contribution is -2.19. The van der Waals surface area contributed by atoms with Gasteiger partial charge < -0.3 is 5.11 Å². The van der Waals surface area contributed by atoms with Crippen LogP contribution in [0.3, 0.4) is 0 Å². The van der Waals surface area contributed by atoms with Crippen LogP contribution in [0, 0.1) is 11.8 Å². The van der Waals surface area contributed by atoms with Crippen LogP contribution in [0.25, 0.3) is 0 Å². The number of carboxylic acid groups (broad SMARTS) is 1. The van der Waals surface area contributed by atoms with Gasteiger partial charge in [-0.15, -0.1) is 0 Å². The van der Waals surface area contributed by atoms with Gasteiger partial charge in [0.25, 0.3) is 0 Å². The third kappa shape index (κ3) is 6.01. The first-order valence-corrected chi connectivity index (χ1v) is 5.82. The summed E-state index contributed by atoms with van der Waals surface area (Å²) in [7, 11) is 0. The molecule has 0 aliphatic rings. The number of hydrogen-bond acceptors (Lipinski definition) is 1. The summed E-state index contributed by atoms with van der Waals surface area (Å²) in [6.07, 6.45) is 6.86. The lowest BCUT2D eigenvalue weighted by Gasteiger charge is -2.15. The molecule has 0 spiro atoms. The van der Waals surface area contributed by atoms with Crippen LogP contribution in [0.4, 0.5) is 0 Å². The fourth-order valence-corrected chi connectivity index (χ4v) is 1.71. The zero-order valence-corrected chi connectivity index (χ0v) is 9.75. The second-order valence-corrected chi connectivity index (χ2v) is 4.39. The van der Waals surface area contributed by atoms with Crippen molar-refractivity contribution in [2.24, 2.45) is 11.8 Å². The fourth-order valence-electron chi connectivity index (χ4n) is 1.71. The zero-order valence-electron chi connectivity index (χ0n) is 9.75. The van der Waals surface area contributed by atoms with E-state index in [1.807, 2.05) is 13.8 Å². The molecule has 0 fully saturated rings. The molecule has 0 bridgehead atoms. The Labute approximate surface area is 87.7 Å². The summed E-state index contributed by atoms with van der Waals surface area (Å²) in [5.74, 6) is -0.509. The monoisotopic (exact) mass is 200 g/mol. The first-order chi connectivity index (χ1) is 6.59. The number of aliphatic carboxylic acids is 1. The lowest BCUT2D eigenvalue weighted by atomic mass is 9.90. The van der Waals surface area contributed by atoms with Crippen LogP contribution in [-0.2, 0) is 4.79 Å². The van der Waals surface area contributed by atoms with Crippen LogP contribution in [0.5, 0.6) is 0 Å². The molecule has 0 heterocycles. The summed E-state index contributed by atoms with van der Waals surface area (Å²) >= 11 is 0. The summed E-state index contributed by atoms with van der Waals surface area (Å²) in [5.41, 5.74) is 0. The van der Waals surface area contributed by atoms with Crippen molar-refractivity contribution in [3.05, 3.63) is 0 Å². The zero-order chi connectivity index (χ0) is 11.0. The van der Waals surface area contributed by atoms with Crippen molar-refractivity contribution in [2.45, 2.75) is 59.3 Å². The highest BCUT2D eigenvalue weighted by atomic mass is 16.4. The predicted molar refractivity (Wildman–Crippen MR) is 59.3 cm³/mol. The Morgan fingerprint density at radius 2 is 1.71 bits per heavy atom. The smallest absolute Gasteiger partial charge is 0.306 e. The SMILES string of the molecule is CCCCCCCC(C(=O)O)C(C)C. The molecule has 0 aliphatic carbocycles. The minimum atomic E-state index is -0.629. The maximum absolute atomic E-state index is 10.9. The van der Waals surface area contributed by atoms with Crippen molar-refractivity contribution in [1.82, 2.24) is 0 Å². The van der Waals surface area contributed by atoms with E-state index in [4.69, 9.17) is 5.11 Å². The molecule has 0 aromatic rings. The number of hydrogen-bond donors (Lipinski definition) is 1. The van der Waals surface area contributed by atoms with Crippen LogP contribution in [-0.4, -0.2) is 11.1 Å². The lowest BCUT2D eigenvalue weighted by molar-refractivity contribution is -0.143. The molecule has 0 aliphatic heterocycles. The van der Waals surface area contributed by atoms with E-state index in [2.05, 4.69) is 6.92 Å². The summed E-state index contributed by atoms with van der Waals surface area (Å²) in [6.45, 7) is 6.17. The standard InChI is InChI=1S/C12H24O2/c1-4-5-6-7-8-9-11(10(2)3)12(13)14/h10-11H,4-9H2,1-3H3,(H,13,14). The maximum atomic E-state index is 10.9. The number of unbranched alkanes of at least 4 members (excludes halogenated alkanes) is 4. The molecule has 0 saturated carbocycles. The van der Waals surface area contributed by atoms with Gasteiger partial charge in [0.15, 0.2) is 0 Å². The second kappa shape index (κ2) is 7.84. The van der Waals surface area contributed by atoms with E-state index >= 15 is 0 Å². The molecule has 2 nitrogen and oxygen atoms in total. The Bertz CT molecular complexity index is 152. The highest BCUT2D eigenvalue weighted by molar-refractivity contribution is 5.70. The predicted octanol–water partition coefficient (Wildman–Crippen LogP) is 3.70. The van der Waals surface area contributed by atoms with Gasteiger partial charge in [-0.3, -0.25) is 4.79 Å². The molecule has 1 unspecified atom stereocenters. The Balaban J connectivity index is 3.57. The first-order valence-electron chi connectivity index (χ1n) is 5.82. The summed E-state index contributed by atoms with van der Waals surface area (Å²) in [6, 6.07) is 0. The van der Waals surface area contributed by atoms with Crippen molar-refractivity contribution in [3.63, 3.8) is 0 Å². The maximum Gasteiger partial charge on any atom is 0.306 e. The van der Waals surface area contributed by atoms with E-state index in [1.165, 1.54) is 25.7 Å². The van der Waals surface area contributed by atoms with Crippen molar-refractivity contribution >= 4 is 5.97 Å². The molecule has 0 aromatic heterocycles. The van der Waals surface area contributed by atoms with Gasteiger partial charge in [0.2, 0.25) is 0 Å². The van der Waals surface area contributed by atoms with E-state index in [9.17, 15) is 4.79 Å². The van der Waals surface area contributed by atoms with Crippen LogP contribution in [0.15, 0.2) is 0 Å². The molecule has 0 radical (unpaired) electrons. The van der Waals surface area contributed by atoms with E-state index in [0.29, 0.717) is 0 Å². The molecule has 0 aromatic carbocycles. The van der Waals surface area contributed by atoms with Crippen LogP contribution in [0.1, 0.15) is 59.3 Å². The van der Waals surface area contributed by atoms with Crippen molar-refractivity contribution in [3.8, 4) is 0 Å². The van der Waals surface area contributed by atoms with Crippen molar-refractivity contribution in [1.29, 1.82) is 0 Å². The number of carboxylic acids is 1. The van der Waals surface area contributed by atoms with Gasteiger partial charge in [-0.25, -0.2) is 0 Å². The highest BCUT2D eigenvalue weighted by Crippen LogP contribution is 2.19. The molecule has 0 amide bonds. The Kier molecular flexibility index (Phi) is 7.54. The minimum Gasteiger partial charge on any atom is -0.481 e. The average Bonchev–Trinajstić information content (AvgIpc) is 2.09. The fraction of sp³-hybridized carbons (Fsp3) is 0.917. The molecule has 0 rings (SSSR count). The van der Waals surface area contributed by atoms with E-state index in [1.54, 1.807) is 0 Å². The van der Waals surface area contributed by atoms with Gasteiger partial charge in [-0.1, -0.05) is 52.9 Å². The Morgan fingerprint density at radius 3 is 2.14 bits per heavy atom. The number of rotatable bonds is 8. The molecule has 0 saturated heterocycles. The molecule has 14 heavy (non-hydrogen) atoms. The third-order valence-corrected chi connectivity index (χ3v) is 2.74. The first kappa shape index (κ1) is 13.5. The molecule has 2 heteroatoms. The minimum absolute atomic E-state index is 0.142. The highest BCUT2D eigenvalue weighted by Gasteiger charge is 2.20. The van der Waals surface area contributed by atoms with E-state index in [-0.39, 0.29) is 11.8 Å². The van der Waals surface area contributed by atoms with Crippen molar-refractivity contribution in [2.75, 3.05) is 0 Å². The Hall–Kier alpha value is -0.530. The van der Waals surface area contributed by atoms with E-state index in [0.717, 1.165) is 12.8 Å². The van der Waals surface area contributed by atoms with Crippen molar-refractivity contribution < 1.29 is 9.90 Å². The van der Waals surface area contributed by atoms with Gasteiger partial charge >= 0.3 is 5.97 Å². The molecular weight excluding hydrogens is 176 g/mol.